The highest BCUT2D eigenvalue weighted by molar-refractivity contribution is 6.06. The number of ether oxygens (including phenoxy) is 1. The molecule has 0 fully saturated rings. The molecular weight excluding hydrogens is 346 g/mol. The lowest BCUT2D eigenvalue weighted by atomic mass is 10.0. The third-order valence-corrected chi connectivity index (χ3v) is 3.76. The molecule has 3 rings (SSSR count). The lowest BCUT2D eigenvalue weighted by molar-refractivity contribution is -0.125. The number of methoxy groups -OCH3 is 1. The Labute approximate surface area is 147 Å². The molecule has 26 heavy (non-hydrogen) atoms. The van der Waals surface area contributed by atoms with Crippen molar-refractivity contribution in [3.8, 4) is 0 Å². The van der Waals surface area contributed by atoms with Gasteiger partial charge in [0.25, 0.3) is 5.91 Å². The van der Waals surface area contributed by atoms with Crippen molar-refractivity contribution >= 4 is 23.3 Å². The molecule has 0 spiro atoms. The van der Waals surface area contributed by atoms with E-state index in [9.17, 15) is 18.4 Å². The summed E-state index contributed by atoms with van der Waals surface area (Å²) in [6.45, 7) is 0. The van der Waals surface area contributed by atoms with Crippen molar-refractivity contribution in [1.82, 2.24) is 0 Å². The molecule has 0 aliphatic carbocycles. The summed E-state index contributed by atoms with van der Waals surface area (Å²) in [6, 6.07) is 9.32. The summed E-state index contributed by atoms with van der Waals surface area (Å²) in [6.07, 6.45) is -0.764. The Hall–Kier alpha value is -3.29. The van der Waals surface area contributed by atoms with Gasteiger partial charge in [0, 0.05) is 17.7 Å². The normalized spacial score (nSPS) is 15.8. The summed E-state index contributed by atoms with van der Waals surface area (Å²) >= 11 is 0. The lowest BCUT2D eigenvalue weighted by Gasteiger charge is -2.10. The molecule has 0 saturated carbocycles. The van der Waals surface area contributed by atoms with Crippen molar-refractivity contribution < 1.29 is 27.9 Å². The molecule has 1 amide bonds. The number of hydrogen-bond acceptors (Lipinski definition) is 5. The molecule has 0 bridgehead atoms. The van der Waals surface area contributed by atoms with Crippen LogP contribution in [0, 0.1) is 11.6 Å². The van der Waals surface area contributed by atoms with Crippen molar-refractivity contribution in [3.63, 3.8) is 0 Å². The minimum absolute atomic E-state index is 0.153. The number of benzene rings is 2. The van der Waals surface area contributed by atoms with Crippen LogP contribution < -0.4 is 5.32 Å². The number of nitrogens with zero attached hydrogens (tertiary/aromatic N) is 1. The van der Waals surface area contributed by atoms with E-state index in [-0.39, 0.29) is 17.7 Å². The first-order chi connectivity index (χ1) is 12.5. The minimum Gasteiger partial charge on any atom is -0.465 e. The van der Waals surface area contributed by atoms with Crippen molar-refractivity contribution in [2.75, 3.05) is 12.4 Å². The highest BCUT2D eigenvalue weighted by Gasteiger charge is 2.29. The van der Waals surface area contributed by atoms with Crippen LogP contribution in [0.15, 0.2) is 47.6 Å². The summed E-state index contributed by atoms with van der Waals surface area (Å²) in [5, 5.41) is 6.35. The minimum atomic E-state index is -0.917. The van der Waals surface area contributed by atoms with Crippen LogP contribution in [0.2, 0.25) is 0 Å². The Balaban J connectivity index is 1.68. The maximum absolute atomic E-state index is 13.6. The Morgan fingerprint density at radius 2 is 2.04 bits per heavy atom. The van der Waals surface area contributed by atoms with Crippen LogP contribution >= 0.6 is 0 Å². The first-order valence-corrected chi connectivity index (χ1v) is 7.65. The summed E-state index contributed by atoms with van der Waals surface area (Å²) in [7, 11) is 1.13. The van der Waals surface area contributed by atoms with E-state index in [0.29, 0.717) is 11.3 Å². The van der Waals surface area contributed by atoms with Gasteiger partial charge in [0.15, 0.2) is 0 Å². The zero-order valence-electron chi connectivity index (χ0n) is 13.7. The summed E-state index contributed by atoms with van der Waals surface area (Å²) in [5.74, 6) is -2.56. The van der Waals surface area contributed by atoms with Gasteiger partial charge in [-0.05, 0) is 30.3 Å². The van der Waals surface area contributed by atoms with Gasteiger partial charge in [-0.25, -0.2) is 13.6 Å². The maximum atomic E-state index is 13.6. The molecule has 1 unspecified atom stereocenters. The molecule has 1 N–H and O–H groups in total. The Morgan fingerprint density at radius 1 is 1.23 bits per heavy atom. The number of esters is 1. The van der Waals surface area contributed by atoms with Gasteiger partial charge in [-0.1, -0.05) is 17.3 Å². The van der Waals surface area contributed by atoms with Crippen molar-refractivity contribution in [1.29, 1.82) is 0 Å². The third-order valence-electron chi connectivity index (χ3n) is 3.76. The first kappa shape index (κ1) is 17.5. The molecule has 0 radical (unpaired) electrons. The fourth-order valence-electron chi connectivity index (χ4n) is 2.45. The molecule has 1 heterocycles. The predicted octanol–water partition coefficient (Wildman–Crippen LogP) is 2.88. The standard InChI is InChI=1S/C18H14F2N2O4/c1-25-18(24)13-8-12(5-6-14(13)20)21-17(23)16-9-15(22-26-16)10-3-2-4-11(19)7-10/h2-8,16H,9H2,1H3,(H,21,23). The van der Waals surface area contributed by atoms with Crippen LogP contribution in [0.5, 0.6) is 0 Å². The summed E-state index contributed by atoms with van der Waals surface area (Å²) < 4.78 is 31.4. The monoisotopic (exact) mass is 360 g/mol. The van der Waals surface area contributed by atoms with Crippen LogP contribution in [0.3, 0.4) is 0 Å². The average molecular weight is 360 g/mol. The lowest BCUT2D eigenvalue weighted by Crippen LogP contribution is -2.28. The molecule has 6 nitrogen and oxygen atoms in total. The Morgan fingerprint density at radius 3 is 2.77 bits per heavy atom. The second-order valence-corrected chi connectivity index (χ2v) is 5.52. The van der Waals surface area contributed by atoms with E-state index in [1.165, 1.54) is 30.3 Å². The van der Waals surface area contributed by atoms with Gasteiger partial charge in [-0.3, -0.25) is 4.79 Å². The van der Waals surface area contributed by atoms with Crippen LogP contribution in [0.1, 0.15) is 22.3 Å². The predicted molar refractivity (Wildman–Crippen MR) is 88.8 cm³/mol. The van der Waals surface area contributed by atoms with E-state index in [1.807, 2.05) is 0 Å². The Bertz CT molecular complexity index is 899. The fourth-order valence-corrected chi connectivity index (χ4v) is 2.45. The topological polar surface area (TPSA) is 77.0 Å². The average Bonchev–Trinajstić information content (AvgIpc) is 3.13. The molecular formula is C18H14F2N2O4. The van der Waals surface area contributed by atoms with Crippen LogP contribution in [-0.2, 0) is 14.4 Å². The molecule has 0 saturated heterocycles. The van der Waals surface area contributed by atoms with Crippen molar-refractivity contribution in [2.45, 2.75) is 12.5 Å². The van der Waals surface area contributed by atoms with Crippen molar-refractivity contribution in [2.24, 2.45) is 5.16 Å². The third kappa shape index (κ3) is 3.69. The molecule has 1 aliphatic heterocycles. The van der Waals surface area contributed by atoms with E-state index in [2.05, 4.69) is 15.2 Å². The van der Waals surface area contributed by atoms with E-state index < -0.39 is 29.6 Å². The van der Waals surface area contributed by atoms with Gasteiger partial charge >= 0.3 is 5.97 Å². The number of oxime groups is 1. The molecule has 8 heteroatoms. The number of amides is 1. The smallest absolute Gasteiger partial charge is 0.340 e. The molecule has 2 aromatic rings. The van der Waals surface area contributed by atoms with Crippen LogP contribution in [0.25, 0.3) is 0 Å². The van der Waals surface area contributed by atoms with E-state index in [1.54, 1.807) is 6.07 Å². The van der Waals surface area contributed by atoms with Gasteiger partial charge in [-0.15, -0.1) is 0 Å². The van der Waals surface area contributed by atoms with Gasteiger partial charge < -0.3 is 14.9 Å². The highest BCUT2D eigenvalue weighted by atomic mass is 19.1. The van der Waals surface area contributed by atoms with Crippen molar-refractivity contribution in [3.05, 3.63) is 65.2 Å². The van der Waals surface area contributed by atoms with Crippen LogP contribution in [-0.4, -0.2) is 30.8 Å². The molecule has 0 aromatic heterocycles. The highest BCUT2D eigenvalue weighted by Crippen LogP contribution is 2.20. The second kappa shape index (κ2) is 7.30. The number of nitrogens with one attached hydrogen (secondary N) is 1. The molecule has 1 atom stereocenters. The number of rotatable bonds is 4. The molecule has 2 aromatic carbocycles. The number of anilines is 1. The van der Waals surface area contributed by atoms with E-state index in [0.717, 1.165) is 13.2 Å². The largest absolute Gasteiger partial charge is 0.465 e. The quantitative estimate of drug-likeness (QED) is 0.851. The second-order valence-electron chi connectivity index (χ2n) is 5.52. The summed E-state index contributed by atoms with van der Waals surface area (Å²) in [4.78, 5) is 28.9. The SMILES string of the molecule is COC(=O)c1cc(NC(=O)C2CC(c3cccc(F)c3)=NO2)ccc1F. The van der Waals surface area contributed by atoms with Gasteiger partial charge in [-0.2, -0.15) is 0 Å². The Kier molecular flexibility index (Phi) is 4.92. The zero-order chi connectivity index (χ0) is 18.7. The van der Waals surface area contributed by atoms with E-state index >= 15 is 0 Å². The fraction of sp³-hybridized carbons (Fsp3) is 0.167. The van der Waals surface area contributed by atoms with Gasteiger partial charge in [0.2, 0.25) is 6.10 Å². The number of carbonyl (C=O) groups excluding carboxylic acids is 2. The van der Waals surface area contributed by atoms with Gasteiger partial charge in [0.1, 0.15) is 11.6 Å². The number of hydrogen-bond donors (Lipinski definition) is 1. The van der Waals surface area contributed by atoms with Gasteiger partial charge in [0.05, 0.1) is 18.4 Å². The first-order valence-electron chi connectivity index (χ1n) is 7.65. The molecule has 134 valence electrons. The van der Waals surface area contributed by atoms with E-state index in [4.69, 9.17) is 4.84 Å². The summed E-state index contributed by atoms with van der Waals surface area (Å²) in [5.41, 5.74) is 0.878. The molecule has 1 aliphatic rings. The maximum Gasteiger partial charge on any atom is 0.340 e. The number of carbonyl (C=O) groups is 2. The zero-order valence-corrected chi connectivity index (χ0v) is 13.7. The number of halogens is 2. The van der Waals surface area contributed by atoms with Crippen LogP contribution in [0.4, 0.5) is 14.5 Å².